The number of rotatable bonds is 3. The maximum Gasteiger partial charge on any atom is 0.227 e. The lowest BCUT2D eigenvalue weighted by Crippen LogP contribution is -2.54. The number of carbonyl (C=O) groups is 1. The zero-order valence-corrected chi connectivity index (χ0v) is 13.9. The van der Waals surface area contributed by atoms with Crippen LogP contribution in [0.4, 0.5) is 4.39 Å². The molecule has 0 N–H and O–H groups in total. The summed E-state index contributed by atoms with van der Waals surface area (Å²) in [5.41, 5.74) is 0.883. The number of benzene rings is 1. The fourth-order valence-corrected chi connectivity index (χ4v) is 3.59. The van der Waals surface area contributed by atoms with Crippen molar-refractivity contribution in [1.82, 2.24) is 14.7 Å². The quantitative estimate of drug-likeness (QED) is 0.847. The van der Waals surface area contributed by atoms with E-state index in [1.54, 1.807) is 12.1 Å². The summed E-state index contributed by atoms with van der Waals surface area (Å²) in [6, 6.07) is 6.91. The summed E-state index contributed by atoms with van der Waals surface area (Å²) in [5, 5.41) is 0. The van der Waals surface area contributed by atoms with Gasteiger partial charge in [0.2, 0.25) is 5.91 Å². The van der Waals surface area contributed by atoms with E-state index in [0.717, 1.165) is 31.7 Å². The second-order valence-corrected chi connectivity index (χ2v) is 6.75. The van der Waals surface area contributed by atoms with Crippen molar-refractivity contribution in [3.63, 3.8) is 0 Å². The van der Waals surface area contributed by atoms with Crippen LogP contribution in [0.3, 0.4) is 0 Å². The van der Waals surface area contributed by atoms with Gasteiger partial charge in [0.05, 0.1) is 6.42 Å². The lowest BCUT2D eigenvalue weighted by Gasteiger charge is -2.42. The van der Waals surface area contributed by atoms with Gasteiger partial charge >= 0.3 is 0 Å². The van der Waals surface area contributed by atoms with Gasteiger partial charge in [0.1, 0.15) is 5.82 Å². The average Bonchev–Trinajstić information content (AvgIpc) is 2.58. The summed E-state index contributed by atoms with van der Waals surface area (Å²) in [6.45, 7) is 5.93. The summed E-state index contributed by atoms with van der Waals surface area (Å²) in [5.74, 6) is -0.104. The highest BCUT2D eigenvalue weighted by molar-refractivity contribution is 5.78. The zero-order valence-electron chi connectivity index (χ0n) is 13.9. The molecule has 3 rings (SSSR count). The fraction of sp³-hybridized carbons (Fsp3) is 0.611. The monoisotopic (exact) mass is 319 g/mol. The maximum absolute atomic E-state index is 12.9. The summed E-state index contributed by atoms with van der Waals surface area (Å²) in [6.07, 6.45) is 2.84. The van der Waals surface area contributed by atoms with Crippen LogP contribution >= 0.6 is 0 Å². The topological polar surface area (TPSA) is 26.8 Å². The largest absolute Gasteiger partial charge is 0.340 e. The Labute approximate surface area is 137 Å². The van der Waals surface area contributed by atoms with Crippen LogP contribution in [0.5, 0.6) is 0 Å². The van der Waals surface area contributed by atoms with Crippen LogP contribution < -0.4 is 0 Å². The van der Waals surface area contributed by atoms with E-state index >= 15 is 0 Å². The van der Waals surface area contributed by atoms with Crippen molar-refractivity contribution in [1.29, 1.82) is 0 Å². The van der Waals surface area contributed by atoms with Crippen LogP contribution in [-0.2, 0) is 11.2 Å². The molecule has 0 aliphatic carbocycles. The van der Waals surface area contributed by atoms with E-state index < -0.39 is 0 Å². The molecule has 1 amide bonds. The minimum Gasteiger partial charge on any atom is -0.340 e. The number of halogens is 1. The van der Waals surface area contributed by atoms with Crippen LogP contribution in [0.2, 0.25) is 0 Å². The smallest absolute Gasteiger partial charge is 0.227 e. The van der Waals surface area contributed by atoms with Crippen LogP contribution in [-0.4, -0.2) is 73.0 Å². The van der Waals surface area contributed by atoms with Gasteiger partial charge in [-0.25, -0.2) is 4.39 Å². The molecule has 0 unspecified atom stereocenters. The molecular formula is C18H26FN3O. The molecule has 5 heteroatoms. The molecule has 2 aliphatic heterocycles. The van der Waals surface area contributed by atoms with Crippen LogP contribution in [0.1, 0.15) is 18.4 Å². The number of nitrogens with zero attached hydrogens (tertiary/aromatic N) is 3. The van der Waals surface area contributed by atoms with Crippen molar-refractivity contribution in [3.8, 4) is 0 Å². The number of piperidine rings is 1. The van der Waals surface area contributed by atoms with Gasteiger partial charge < -0.3 is 9.80 Å². The van der Waals surface area contributed by atoms with E-state index in [-0.39, 0.29) is 11.7 Å². The number of carbonyl (C=O) groups excluding carboxylic acids is 1. The third-order valence-electron chi connectivity index (χ3n) is 5.14. The normalized spacial score (nSPS) is 21.6. The van der Waals surface area contributed by atoms with E-state index in [1.165, 1.54) is 38.1 Å². The molecule has 4 nitrogen and oxygen atoms in total. The maximum atomic E-state index is 12.9. The molecule has 1 aromatic rings. The van der Waals surface area contributed by atoms with E-state index in [9.17, 15) is 9.18 Å². The van der Waals surface area contributed by atoms with Crippen molar-refractivity contribution >= 4 is 5.91 Å². The molecule has 126 valence electrons. The molecule has 2 aliphatic rings. The van der Waals surface area contributed by atoms with Gasteiger partial charge in [-0.05, 0) is 50.7 Å². The second kappa shape index (κ2) is 7.41. The first-order valence-electron chi connectivity index (χ1n) is 8.56. The van der Waals surface area contributed by atoms with Crippen molar-refractivity contribution < 1.29 is 9.18 Å². The number of likely N-dealkylation sites (tertiary alicyclic amines) is 1. The Hall–Kier alpha value is -1.46. The molecule has 23 heavy (non-hydrogen) atoms. The van der Waals surface area contributed by atoms with Gasteiger partial charge in [0, 0.05) is 32.2 Å². The summed E-state index contributed by atoms with van der Waals surface area (Å²) in [7, 11) is 2.18. The molecule has 2 saturated heterocycles. The number of amides is 1. The summed E-state index contributed by atoms with van der Waals surface area (Å²) < 4.78 is 12.9. The first-order chi connectivity index (χ1) is 11.1. The zero-order chi connectivity index (χ0) is 16.2. The van der Waals surface area contributed by atoms with E-state index in [2.05, 4.69) is 16.8 Å². The predicted octanol–water partition coefficient (Wildman–Crippen LogP) is 1.61. The van der Waals surface area contributed by atoms with Crippen LogP contribution in [0.15, 0.2) is 24.3 Å². The summed E-state index contributed by atoms with van der Waals surface area (Å²) >= 11 is 0. The first kappa shape index (κ1) is 16.4. The van der Waals surface area contributed by atoms with Gasteiger partial charge in [-0.2, -0.15) is 0 Å². The molecule has 0 atom stereocenters. The van der Waals surface area contributed by atoms with Crippen molar-refractivity contribution in [3.05, 3.63) is 35.6 Å². The predicted molar refractivity (Wildman–Crippen MR) is 88.8 cm³/mol. The molecule has 0 spiro atoms. The standard InChI is InChI=1S/C18H26FN3O/c1-20-8-6-17(7-9-20)21-10-12-22(13-11-21)18(23)14-15-2-4-16(19)5-3-15/h2-5,17H,6-14H2,1H3. The van der Waals surface area contributed by atoms with E-state index in [0.29, 0.717) is 12.5 Å². The van der Waals surface area contributed by atoms with E-state index in [1.807, 2.05) is 4.90 Å². The molecule has 0 bridgehead atoms. The second-order valence-electron chi connectivity index (χ2n) is 6.75. The van der Waals surface area contributed by atoms with Crippen LogP contribution in [0.25, 0.3) is 0 Å². The average molecular weight is 319 g/mol. The lowest BCUT2D eigenvalue weighted by atomic mass is 10.0. The number of hydrogen-bond acceptors (Lipinski definition) is 3. The molecule has 2 fully saturated rings. The Morgan fingerprint density at radius 2 is 1.65 bits per heavy atom. The minimum absolute atomic E-state index is 0.152. The Kier molecular flexibility index (Phi) is 5.28. The van der Waals surface area contributed by atoms with Gasteiger partial charge in [0.25, 0.3) is 0 Å². The van der Waals surface area contributed by atoms with Crippen molar-refractivity contribution in [2.75, 3.05) is 46.3 Å². The van der Waals surface area contributed by atoms with Gasteiger partial charge in [-0.3, -0.25) is 9.69 Å². The molecule has 0 radical (unpaired) electrons. The minimum atomic E-state index is -0.257. The Morgan fingerprint density at radius 1 is 1.04 bits per heavy atom. The Morgan fingerprint density at radius 3 is 2.26 bits per heavy atom. The third kappa shape index (κ3) is 4.30. The highest BCUT2D eigenvalue weighted by Gasteiger charge is 2.27. The third-order valence-corrected chi connectivity index (χ3v) is 5.14. The highest BCUT2D eigenvalue weighted by atomic mass is 19.1. The van der Waals surface area contributed by atoms with E-state index in [4.69, 9.17) is 0 Å². The lowest BCUT2D eigenvalue weighted by molar-refractivity contribution is -0.132. The SMILES string of the molecule is CN1CCC(N2CCN(C(=O)Cc3ccc(F)cc3)CC2)CC1. The number of hydrogen-bond donors (Lipinski definition) is 0. The Bertz CT molecular complexity index is 518. The Balaban J connectivity index is 1.46. The van der Waals surface area contributed by atoms with Gasteiger partial charge in [0.15, 0.2) is 0 Å². The van der Waals surface area contributed by atoms with Gasteiger partial charge in [-0.15, -0.1) is 0 Å². The highest BCUT2D eigenvalue weighted by Crippen LogP contribution is 2.18. The molecule has 2 heterocycles. The molecule has 0 saturated carbocycles. The molecular weight excluding hydrogens is 293 g/mol. The van der Waals surface area contributed by atoms with Gasteiger partial charge in [-0.1, -0.05) is 12.1 Å². The molecule has 0 aromatic heterocycles. The van der Waals surface area contributed by atoms with Crippen molar-refractivity contribution in [2.45, 2.75) is 25.3 Å². The fourth-order valence-electron chi connectivity index (χ4n) is 3.59. The first-order valence-corrected chi connectivity index (χ1v) is 8.56. The van der Waals surface area contributed by atoms with Crippen LogP contribution in [0, 0.1) is 5.82 Å². The summed E-state index contributed by atoms with van der Waals surface area (Å²) in [4.78, 5) is 19.3. The van der Waals surface area contributed by atoms with Crippen molar-refractivity contribution in [2.24, 2.45) is 0 Å². The number of piperazine rings is 1. The molecule has 1 aromatic carbocycles.